The van der Waals surface area contributed by atoms with Crippen molar-refractivity contribution in [1.82, 2.24) is 4.98 Å². The molecule has 18 heavy (non-hydrogen) atoms. The molecule has 0 fully saturated rings. The van der Waals surface area contributed by atoms with Crippen LogP contribution in [0.15, 0.2) is 12.3 Å². The van der Waals surface area contributed by atoms with Crippen molar-refractivity contribution in [2.75, 3.05) is 0 Å². The molecule has 0 unspecified atom stereocenters. The van der Waals surface area contributed by atoms with E-state index in [1.54, 1.807) is 20.8 Å². The molecule has 0 radical (unpaired) electrons. The molecular formula is C13H18ClNO3. The number of nitrogens with zero attached hydrogens (tertiary/aromatic N) is 1. The number of rotatable bonds is 3. The van der Waals surface area contributed by atoms with E-state index in [1.165, 1.54) is 12.3 Å². The van der Waals surface area contributed by atoms with Gasteiger partial charge in [0.15, 0.2) is 0 Å². The second-order valence-electron chi connectivity index (χ2n) is 5.18. The van der Waals surface area contributed by atoms with Crippen molar-refractivity contribution in [3.05, 3.63) is 22.8 Å². The first-order valence-electron chi connectivity index (χ1n) is 5.74. The fourth-order valence-corrected chi connectivity index (χ4v) is 1.39. The average Bonchev–Trinajstić information content (AvgIpc) is 2.17. The largest absolute Gasteiger partial charge is 0.474 e. The maximum Gasteiger partial charge on any atom is 0.340 e. The lowest BCUT2D eigenvalue weighted by molar-refractivity contribution is 0.00690. The number of carbonyl (C=O) groups is 1. The first-order valence-corrected chi connectivity index (χ1v) is 6.12. The third kappa shape index (κ3) is 4.53. The van der Waals surface area contributed by atoms with Crippen LogP contribution in [0.25, 0.3) is 0 Å². The van der Waals surface area contributed by atoms with Crippen molar-refractivity contribution in [3.8, 4) is 5.88 Å². The molecule has 4 nitrogen and oxygen atoms in total. The Hall–Kier alpha value is -1.29. The van der Waals surface area contributed by atoms with Crippen molar-refractivity contribution in [1.29, 1.82) is 0 Å². The molecule has 0 aliphatic heterocycles. The summed E-state index contributed by atoms with van der Waals surface area (Å²) in [4.78, 5) is 15.8. The summed E-state index contributed by atoms with van der Waals surface area (Å²) in [6.45, 7) is 9.15. The number of pyridine rings is 1. The molecule has 0 bridgehead atoms. The van der Waals surface area contributed by atoms with Gasteiger partial charge in [0.25, 0.3) is 0 Å². The van der Waals surface area contributed by atoms with Crippen LogP contribution in [0.2, 0.25) is 5.02 Å². The lowest BCUT2D eigenvalue weighted by atomic mass is 10.2. The van der Waals surface area contributed by atoms with Gasteiger partial charge in [-0.05, 0) is 40.7 Å². The molecule has 1 heterocycles. The van der Waals surface area contributed by atoms with Crippen molar-refractivity contribution < 1.29 is 14.3 Å². The topological polar surface area (TPSA) is 48.4 Å². The van der Waals surface area contributed by atoms with E-state index in [4.69, 9.17) is 21.1 Å². The zero-order valence-corrected chi connectivity index (χ0v) is 12.0. The van der Waals surface area contributed by atoms with Gasteiger partial charge in [-0.25, -0.2) is 9.78 Å². The number of halogens is 1. The molecule has 0 atom stereocenters. The van der Waals surface area contributed by atoms with E-state index in [0.29, 0.717) is 16.5 Å². The number of hydrogen-bond acceptors (Lipinski definition) is 4. The van der Waals surface area contributed by atoms with Gasteiger partial charge in [0.1, 0.15) is 10.6 Å². The second kappa shape index (κ2) is 5.57. The van der Waals surface area contributed by atoms with Crippen molar-refractivity contribution >= 4 is 17.6 Å². The summed E-state index contributed by atoms with van der Waals surface area (Å²) >= 11 is 5.99. The Labute approximate surface area is 112 Å². The molecule has 0 saturated heterocycles. The highest BCUT2D eigenvalue weighted by Crippen LogP contribution is 2.24. The van der Waals surface area contributed by atoms with E-state index in [0.717, 1.165) is 0 Å². The van der Waals surface area contributed by atoms with E-state index in [-0.39, 0.29) is 6.10 Å². The first-order chi connectivity index (χ1) is 8.19. The molecular weight excluding hydrogens is 254 g/mol. The van der Waals surface area contributed by atoms with Crippen LogP contribution in [0, 0.1) is 0 Å². The zero-order valence-electron chi connectivity index (χ0n) is 11.3. The summed E-state index contributed by atoms with van der Waals surface area (Å²) in [7, 11) is 0. The van der Waals surface area contributed by atoms with E-state index < -0.39 is 11.6 Å². The Bertz CT molecular complexity index is 438. The first kappa shape index (κ1) is 14.8. The smallest absolute Gasteiger partial charge is 0.340 e. The molecule has 0 spiro atoms. The predicted molar refractivity (Wildman–Crippen MR) is 70.2 cm³/mol. The highest BCUT2D eigenvalue weighted by molar-refractivity contribution is 6.32. The maximum absolute atomic E-state index is 11.8. The molecule has 1 aromatic rings. The lowest BCUT2D eigenvalue weighted by Gasteiger charge is -2.19. The Morgan fingerprint density at radius 3 is 2.44 bits per heavy atom. The molecule has 1 aromatic heterocycles. The van der Waals surface area contributed by atoms with Gasteiger partial charge in [-0.1, -0.05) is 11.6 Å². The Morgan fingerprint density at radius 1 is 1.39 bits per heavy atom. The maximum atomic E-state index is 11.8. The third-order valence-corrected chi connectivity index (χ3v) is 2.06. The summed E-state index contributed by atoms with van der Waals surface area (Å²) in [6.07, 6.45) is 1.37. The predicted octanol–water partition coefficient (Wildman–Crippen LogP) is 3.48. The fraction of sp³-hybridized carbons (Fsp3) is 0.538. The highest BCUT2D eigenvalue weighted by Gasteiger charge is 2.19. The normalized spacial score (nSPS) is 11.5. The summed E-state index contributed by atoms with van der Waals surface area (Å²) in [5, 5.41) is 0.298. The van der Waals surface area contributed by atoms with Crippen molar-refractivity contribution in [2.45, 2.75) is 46.3 Å². The van der Waals surface area contributed by atoms with E-state index in [2.05, 4.69) is 4.98 Å². The number of hydrogen-bond donors (Lipinski definition) is 0. The van der Waals surface area contributed by atoms with Crippen molar-refractivity contribution in [3.63, 3.8) is 0 Å². The Kier molecular flexibility index (Phi) is 4.57. The van der Waals surface area contributed by atoms with Gasteiger partial charge in [-0.2, -0.15) is 0 Å². The molecule has 100 valence electrons. The van der Waals surface area contributed by atoms with Crippen LogP contribution < -0.4 is 4.74 Å². The third-order valence-electron chi connectivity index (χ3n) is 1.79. The minimum atomic E-state index is -0.545. The highest BCUT2D eigenvalue weighted by atomic mass is 35.5. The monoisotopic (exact) mass is 271 g/mol. The Balaban J connectivity index is 2.87. The molecule has 0 aromatic carbocycles. The summed E-state index contributed by atoms with van der Waals surface area (Å²) < 4.78 is 10.6. The number of ether oxygens (including phenoxy) is 2. The van der Waals surface area contributed by atoms with Gasteiger partial charge in [0.05, 0.1) is 11.7 Å². The standard InChI is InChI=1S/C13H18ClNO3/c1-8(2)17-11-10(14)6-9(7-15-11)12(16)18-13(3,4)5/h6-8H,1-5H3. The van der Waals surface area contributed by atoms with Crippen LogP contribution in [0.5, 0.6) is 5.88 Å². The molecule has 0 saturated carbocycles. The second-order valence-corrected chi connectivity index (χ2v) is 5.59. The summed E-state index contributed by atoms with van der Waals surface area (Å²) in [6, 6.07) is 1.50. The van der Waals surface area contributed by atoms with Gasteiger partial charge in [-0.3, -0.25) is 0 Å². The zero-order chi connectivity index (χ0) is 13.9. The van der Waals surface area contributed by atoms with Crippen LogP contribution in [0.1, 0.15) is 45.0 Å². The minimum absolute atomic E-state index is 0.0256. The molecule has 0 N–H and O–H groups in total. The molecule has 1 rings (SSSR count). The molecule has 0 aliphatic carbocycles. The van der Waals surface area contributed by atoms with E-state index >= 15 is 0 Å². The van der Waals surface area contributed by atoms with Gasteiger partial charge in [0, 0.05) is 6.20 Å². The van der Waals surface area contributed by atoms with Crippen LogP contribution >= 0.6 is 11.6 Å². The molecule has 0 amide bonds. The minimum Gasteiger partial charge on any atom is -0.474 e. The van der Waals surface area contributed by atoms with Gasteiger partial charge in [0.2, 0.25) is 5.88 Å². The lowest BCUT2D eigenvalue weighted by Crippen LogP contribution is -2.24. The van der Waals surface area contributed by atoms with Crippen LogP contribution in [-0.2, 0) is 4.74 Å². The number of aromatic nitrogens is 1. The molecule has 5 heteroatoms. The van der Waals surface area contributed by atoms with Crippen LogP contribution in [0.3, 0.4) is 0 Å². The van der Waals surface area contributed by atoms with Gasteiger partial charge >= 0.3 is 5.97 Å². The number of esters is 1. The quantitative estimate of drug-likeness (QED) is 0.790. The average molecular weight is 272 g/mol. The van der Waals surface area contributed by atoms with Crippen LogP contribution in [-0.4, -0.2) is 22.7 Å². The van der Waals surface area contributed by atoms with E-state index in [1.807, 2.05) is 13.8 Å². The fourth-order valence-electron chi connectivity index (χ4n) is 1.18. The summed E-state index contributed by atoms with van der Waals surface area (Å²) in [5.41, 5.74) is -0.234. The van der Waals surface area contributed by atoms with Crippen molar-refractivity contribution in [2.24, 2.45) is 0 Å². The van der Waals surface area contributed by atoms with Gasteiger partial charge in [-0.15, -0.1) is 0 Å². The van der Waals surface area contributed by atoms with Gasteiger partial charge < -0.3 is 9.47 Å². The summed E-state index contributed by atoms with van der Waals surface area (Å²) in [5.74, 6) is -0.132. The number of carbonyl (C=O) groups excluding carboxylic acids is 1. The van der Waals surface area contributed by atoms with E-state index in [9.17, 15) is 4.79 Å². The van der Waals surface area contributed by atoms with Crippen LogP contribution in [0.4, 0.5) is 0 Å². The molecule has 0 aliphatic rings. The Morgan fingerprint density at radius 2 is 2.00 bits per heavy atom. The SMILES string of the molecule is CC(C)Oc1ncc(C(=O)OC(C)(C)C)cc1Cl.